The third-order valence-electron chi connectivity index (χ3n) is 3.99. The van der Waals surface area contributed by atoms with E-state index in [9.17, 15) is 9.59 Å². The summed E-state index contributed by atoms with van der Waals surface area (Å²) in [6.45, 7) is 2.66. The number of hydrogen-bond donors (Lipinski definition) is 1. The predicted octanol–water partition coefficient (Wildman–Crippen LogP) is 4.68. The van der Waals surface area contributed by atoms with Crippen LogP contribution in [0.15, 0.2) is 36.4 Å². The second-order valence-electron chi connectivity index (χ2n) is 5.73. The van der Waals surface area contributed by atoms with Crippen LogP contribution in [-0.4, -0.2) is 18.4 Å². The van der Waals surface area contributed by atoms with Gasteiger partial charge in [-0.2, -0.15) is 0 Å². The Labute approximate surface area is 150 Å². The van der Waals surface area contributed by atoms with Crippen molar-refractivity contribution in [1.82, 2.24) is 0 Å². The highest BCUT2D eigenvalue weighted by Gasteiger charge is 2.23. The Morgan fingerprint density at radius 1 is 1.17 bits per heavy atom. The Bertz CT molecular complexity index is 821. The molecule has 2 amide bonds. The van der Waals surface area contributed by atoms with Crippen molar-refractivity contribution in [2.75, 3.05) is 16.8 Å². The molecule has 2 aromatic carbocycles. The molecule has 0 bridgehead atoms. The monoisotopic (exact) mass is 362 g/mol. The molecule has 0 atom stereocenters. The molecule has 1 saturated heterocycles. The van der Waals surface area contributed by atoms with Crippen molar-refractivity contribution in [3.05, 3.63) is 57.6 Å². The Morgan fingerprint density at radius 2 is 1.96 bits per heavy atom. The van der Waals surface area contributed by atoms with Crippen LogP contribution in [0.25, 0.3) is 0 Å². The minimum atomic E-state index is -0.327. The predicted molar refractivity (Wildman–Crippen MR) is 97.2 cm³/mol. The van der Waals surface area contributed by atoms with Crippen LogP contribution >= 0.6 is 23.2 Å². The van der Waals surface area contributed by atoms with Crippen LogP contribution < -0.4 is 10.2 Å². The van der Waals surface area contributed by atoms with Crippen LogP contribution in [0.1, 0.15) is 28.8 Å². The lowest BCUT2D eigenvalue weighted by Crippen LogP contribution is -2.24. The molecule has 1 aliphatic rings. The van der Waals surface area contributed by atoms with Crippen molar-refractivity contribution in [3.63, 3.8) is 0 Å². The van der Waals surface area contributed by atoms with Crippen molar-refractivity contribution < 1.29 is 9.59 Å². The number of carbonyl (C=O) groups excluding carboxylic acids is 2. The largest absolute Gasteiger partial charge is 0.322 e. The molecular formula is C18H16Cl2N2O2. The standard InChI is InChI=1S/C18H16Cl2N2O2/c1-11-9-13(5-7-16(11)22-8-2-3-17(22)23)21-18(24)14-10-12(19)4-6-15(14)20/h4-7,9-10H,2-3,8H2,1H3,(H,21,24). The summed E-state index contributed by atoms with van der Waals surface area (Å²) in [7, 11) is 0. The number of amides is 2. The van der Waals surface area contributed by atoms with Crippen molar-refractivity contribution >= 4 is 46.4 Å². The molecule has 0 unspecified atom stereocenters. The van der Waals surface area contributed by atoms with Gasteiger partial charge in [-0.25, -0.2) is 0 Å². The van der Waals surface area contributed by atoms with Gasteiger partial charge >= 0.3 is 0 Å². The molecule has 0 spiro atoms. The second-order valence-corrected chi connectivity index (χ2v) is 6.57. The van der Waals surface area contributed by atoms with Crippen LogP contribution in [0.4, 0.5) is 11.4 Å². The zero-order chi connectivity index (χ0) is 17.3. The lowest BCUT2D eigenvalue weighted by atomic mass is 10.1. The van der Waals surface area contributed by atoms with Gasteiger partial charge in [0.05, 0.1) is 10.6 Å². The van der Waals surface area contributed by atoms with Gasteiger partial charge in [-0.15, -0.1) is 0 Å². The van der Waals surface area contributed by atoms with Crippen molar-refractivity contribution in [1.29, 1.82) is 0 Å². The molecule has 1 heterocycles. The topological polar surface area (TPSA) is 49.4 Å². The minimum Gasteiger partial charge on any atom is -0.322 e. The van der Waals surface area contributed by atoms with E-state index in [1.807, 2.05) is 19.1 Å². The van der Waals surface area contributed by atoms with E-state index in [-0.39, 0.29) is 11.8 Å². The quantitative estimate of drug-likeness (QED) is 0.861. The van der Waals surface area contributed by atoms with E-state index in [1.165, 1.54) is 6.07 Å². The normalized spacial score (nSPS) is 14.1. The maximum Gasteiger partial charge on any atom is 0.257 e. The number of anilines is 2. The van der Waals surface area contributed by atoms with E-state index in [0.717, 1.165) is 24.2 Å². The molecule has 0 aliphatic carbocycles. The molecule has 1 aliphatic heterocycles. The lowest BCUT2D eigenvalue weighted by molar-refractivity contribution is -0.117. The molecule has 0 saturated carbocycles. The summed E-state index contributed by atoms with van der Waals surface area (Å²) in [5.74, 6) is -0.188. The molecule has 1 fully saturated rings. The van der Waals surface area contributed by atoms with Gasteiger partial charge in [0.25, 0.3) is 5.91 Å². The molecule has 6 heteroatoms. The van der Waals surface area contributed by atoms with Crippen molar-refractivity contribution in [2.24, 2.45) is 0 Å². The fourth-order valence-electron chi connectivity index (χ4n) is 2.81. The third-order valence-corrected chi connectivity index (χ3v) is 4.56. The van der Waals surface area contributed by atoms with E-state index in [0.29, 0.717) is 27.7 Å². The third kappa shape index (κ3) is 3.40. The average molecular weight is 363 g/mol. The van der Waals surface area contributed by atoms with Crippen LogP contribution in [0, 0.1) is 6.92 Å². The van der Waals surface area contributed by atoms with Crippen LogP contribution in [0.5, 0.6) is 0 Å². The number of carbonyl (C=O) groups is 2. The Morgan fingerprint density at radius 3 is 2.62 bits per heavy atom. The molecule has 0 radical (unpaired) electrons. The number of hydrogen-bond acceptors (Lipinski definition) is 2. The number of rotatable bonds is 3. The van der Waals surface area contributed by atoms with Crippen molar-refractivity contribution in [2.45, 2.75) is 19.8 Å². The number of halogens is 2. The van der Waals surface area contributed by atoms with E-state index in [1.54, 1.807) is 23.1 Å². The maximum atomic E-state index is 12.4. The van der Waals surface area contributed by atoms with Gasteiger partial charge in [0.2, 0.25) is 5.91 Å². The first-order valence-corrected chi connectivity index (χ1v) is 8.39. The first-order chi connectivity index (χ1) is 11.5. The van der Waals surface area contributed by atoms with E-state index in [2.05, 4.69) is 5.32 Å². The second kappa shape index (κ2) is 6.83. The summed E-state index contributed by atoms with van der Waals surface area (Å²) in [5.41, 5.74) is 2.78. The summed E-state index contributed by atoms with van der Waals surface area (Å²) in [6.07, 6.45) is 1.47. The first-order valence-electron chi connectivity index (χ1n) is 7.63. The molecule has 2 aromatic rings. The molecular weight excluding hydrogens is 347 g/mol. The summed E-state index contributed by atoms with van der Waals surface area (Å²) in [4.78, 5) is 26.0. The maximum absolute atomic E-state index is 12.4. The molecule has 24 heavy (non-hydrogen) atoms. The van der Waals surface area contributed by atoms with Crippen LogP contribution in [0.3, 0.4) is 0 Å². The molecule has 124 valence electrons. The molecule has 0 aromatic heterocycles. The number of nitrogens with one attached hydrogen (secondary N) is 1. The number of nitrogens with zero attached hydrogens (tertiary/aromatic N) is 1. The van der Waals surface area contributed by atoms with Gasteiger partial charge < -0.3 is 10.2 Å². The highest BCUT2D eigenvalue weighted by molar-refractivity contribution is 6.36. The van der Waals surface area contributed by atoms with Crippen LogP contribution in [-0.2, 0) is 4.79 Å². The summed E-state index contributed by atoms with van der Waals surface area (Å²) in [5, 5.41) is 3.60. The van der Waals surface area contributed by atoms with E-state index < -0.39 is 0 Å². The van der Waals surface area contributed by atoms with Crippen molar-refractivity contribution in [3.8, 4) is 0 Å². The van der Waals surface area contributed by atoms with Gasteiger partial charge in [0.15, 0.2) is 0 Å². The molecule has 3 rings (SSSR count). The SMILES string of the molecule is Cc1cc(NC(=O)c2cc(Cl)ccc2Cl)ccc1N1CCCC1=O. The van der Waals surface area contributed by atoms with E-state index in [4.69, 9.17) is 23.2 Å². The summed E-state index contributed by atoms with van der Waals surface area (Å²) >= 11 is 12.0. The Hall–Kier alpha value is -2.04. The smallest absolute Gasteiger partial charge is 0.257 e. The highest BCUT2D eigenvalue weighted by atomic mass is 35.5. The van der Waals surface area contributed by atoms with Gasteiger partial charge in [0, 0.05) is 29.4 Å². The van der Waals surface area contributed by atoms with Gasteiger partial charge in [0.1, 0.15) is 0 Å². The Kier molecular flexibility index (Phi) is 4.78. The number of benzene rings is 2. The van der Waals surface area contributed by atoms with Gasteiger partial charge in [-0.1, -0.05) is 23.2 Å². The number of aryl methyl sites for hydroxylation is 1. The van der Waals surface area contributed by atoms with Crippen LogP contribution in [0.2, 0.25) is 10.0 Å². The zero-order valence-corrected chi connectivity index (χ0v) is 14.6. The fourth-order valence-corrected chi connectivity index (χ4v) is 3.18. The Balaban J connectivity index is 1.81. The molecule has 1 N–H and O–H groups in total. The van der Waals surface area contributed by atoms with Gasteiger partial charge in [-0.05, 0) is 55.3 Å². The summed E-state index contributed by atoms with van der Waals surface area (Å²) < 4.78 is 0. The van der Waals surface area contributed by atoms with E-state index >= 15 is 0 Å². The summed E-state index contributed by atoms with van der Waals surface area (Å²) in [6, 6.07) is 10.2. The van der Waals surface area contributed by atoms with Gasteiger partial charge in [-0.3, -0.25) is 9.59 Å². The zero-order valence-electron chi connectivity index (χ0n) is 13.1. The highest BCUT2D eigenvalue weighted by Crippen LogP contribution is 2.28. The molecule has 4 nitrogen and oxygen atoms in total. The lowest BCUT2D eigenvalue weighted by Gasteiger charge is -2.19. The first kappa shape index (κ1) is 16.8. The average Bonchev–Trinajstić information content (AvgIpc) is 2.96. The fraction of sp³-hybridized carbons (Fsp3) is 0.222. The minimum absolute atomic E-state index is 0.139.